The van der Waals surface area contributed by atoms with Gasteiger partial charge < -0.3 is 9.84 Å². The lowest BCUT2D eigenvalue weighted by molar-refractivity contribution is -0.00511. The molecule has 0 radical (unpaired) electrons. The Morgan fingerprint density at radius 3 is 2.67 bits per heavy atom. The fourth-order valence-electron chi connectivity index (χ4n) is 4.32. The van der Waals surface area contributed by atoms with Gasteiger partial charge in [-0.25, -0.2) is 4.79 Å². The van der Waals surface area contributed by atoms with E-state index >= 15 is 0 Å². The van der Waals surface area contributed by atoms with Crippen molar-refractivity contribution in [1.29, 1.82) is 0 Å². The summed E-state index contributed by atoms with van der Waals surface area (Å²) in [5, 5.41) is 11.0. The molecule has 0 unspecified atom stereocenters. The van der Waals surface area contributed by atoms with Gasteiger partial charge in [-0.3, -0.25) is 4.90 Å². The smallest absolute Gasteiger partial charge is 0.410 e. The van der Waals surface area contributed by atoms with E-state index in [9.17, 15) is 9.90 Å². The van der Waals surface area contributed by atoms with Gasteiger partial charge in [-0.05, 0) is 64.0 Å². The second-order valence-corrected chi connectivity index (χ2v) is 8.25. The number of aryl methyl sites for hydroxylation is 1. The van der Waals surface area contributed by atoms with E-state index in [4.69, 9.17) is 4.74 Å². The van der Waals surface area contributed by atoms with E-state index in [2.05, 4.69) is 0 Å². The molecule has 4 atom stereocenters. The van der Waals surface area contributed by atoms with Crippen LogP contribution in [0.4, 0.5) is 4.79 Å². The maximum atomic E-state index is 12.8. The molecule has 3 rings (SSSR count). The lowest BCUT2D eigenvalue weighted by Gasteiger charge is -2.34. The highest BCUT2D eigenvalue weighted by atomic mass is 16.6. The van der Waals surface area contributed by atoms with Crippen molar-refractivity contribution in [3.8, 4) is 0 Å². The van der Waals surface area contributed by atoms with Crippen LogP contribution in [0.25, 0.3) is 0 Å². The third kappa shape index (κ3) is 3.30. The molecule has 1 aliphatic heterocycles. The zero-order chi connectivity index (χ0) is 17.5. The summed E-state index contributed by atoms with van der Waals surface area (Å²) >= 11 is 0. The predicted molar refractivity (Wildman–Crippen MR) is 93.7 cm³/mol. The summed E-state index contributed by atoms with van der Waals surface area (Å²) in [6, 6.07) is 7.90. The molecular formula is C20H29NO3. The molecule has 24 heavy (non-hydrogen) atoms. The third-order valence-electron chi connectivity index (χ3n) is 5.35. The van der Waals surface area contributed by atoms with Crippen molar-refractivity contribution in [3.05, 3.63) is 35.4 Å². The quantitative estimate of drug-likeness (QED) is 0.883. The number of aliphatic hydroxyl groups excluding tert-OH is 1. The Bertz CT molecular complexity index is 607. The zero-order valence-electron chi connectivity index (χ0n) is 15.2. The highest BCUT2D eigenvalue weighted by Crippen LogP contribution is 2.45. The van der Waals surface area contributed by atoms with Crippen molar-refractivity contribution in [1.82, 2.24) is 4.90 Å². The molecule has 132 valence electrons. The summed E-state index contributed by atoms with van der Waals surface area (Å²) in [6.45, 7) is 7.67. The van der Waals surface area contributed by atoms with Crippen molar-refractivity contribution in [2.24, 2.45) is 5.92 Å². The number of likely N-dealkylation sites (tertiary alicyclic amines) is 1. The number of benzene rings is 1. The largest absolute Gasteiger partial charge is 0.444 e. The molecule has 1 aromatic rings. The number of nitrogens with zero attached hydrogens (tertiary/aromatic N) is 1. The lowest BCUT2D eigenvalue weighted by atomic mass is 9.93. The lowest BCUT2D eigenvalue weighted by Crippen LogP contribution is -2.46. The highest BCUT2D eigenvalue weighted by Gasteiger charge is 2.49. The maximum absolute atomic E-state index is 12.8. The summed E-state index contributed by atoms with van der Waals surface area (Å²) in [6.07, 6.45) is 3.22. The molecule has 4 nitrogen and oxygen atoms in total. The van der Waals surface area contributed by atoms with E-state index in [1.807, 2.05) is 56.9 Å². The van der Waals surface area contributed by atoms with Crippen molar-refractivity contribution >= 4 is 6.09 Å². The van der Waals surface area contributed by atoms with Gasteiger partial charge in [0.1, 0.15) is 5.60 Å². The van der Waals surface area contributed by atoms with E-state index < -0.39 is 11.7 Å². The van der Waals surface area contributed by atoms with Crippen LogP contribution in [-0.4, -0.2) is 33.8 Å². The Balaban J connectivity index is 1.87. The van der Waals surface area contributed by atoms with E-state index in [0.29, 0.717) is 5.92 Å². The van der Waals surface area contributed by atoms with Crippen LogP contribution in [0.5, 0.6) is 0 Å². The van der Waals surface area contributed by atoms with Gasteiger partial charge in [-0.2, -0.15) is 0 Å². The van der Waals surface area contributed by atoms with Gasteiger partial charge in [0, 0.05) is 6.04 Å². The first-order valence-electron chi connectivity index (χ1n) is 9.03. The zero-order valence-corrected chi connectivity index (χ0v) is 15.2. The number of carbonyl (C=O) groups is 1. The number of hydrogen-bond donors (Lipinski definition) is 1. The second kappa shape index (κ2) is 6.40. The highest BCUT2D eigenvalue weighted by molar-refractivity contribution is 5.70. The second-order valence-electron chi connectivity index (χ2n) is 8.25. The first-order chi connectivity index (χ1) is 11.3. The Hall–Kier alpha value is -1.55. The number of hydrogen-bond acceptors (Lipinski definition) is 3. The van der Waals surface area contributed by atoms with Crippen LogP contribution >= 0.6 is 0 Å². The fraction of sp³-hybridized carbons (Fsp3) is 0.650. The first-order valence-corrected chi connectivity index (χ1v) is 9.03. The fourth-order valence-corrected chi connectivity index (χ4v) is 4.32. The number of ether oxygens (including phenoxy) is 1. The van der Waals surface area contributed by atoms with Crippen molar-refractivity contribution in [3.63, 3.8) is 0 Å². The number of carbonyl (C=O) groups excluding carboxylic acids is 1. The van der Waals surface area contributed by atoms with Gasteiger partial charge in [0.15, 0.2) is 0 Å². The molecule has 1 N–H and O–H groups in total. The Kier molecular flexibility index (Phi) is 4.60. The average Bonchev–Trinajstić information content (AvgIpc) is 3.05. The number of fused-ring (bicyclic) bond motifs is 1. The minimum atomic E-state index is -0.663. The van der Waals surface area contributed by atoms with Crippen LogP contribution in [-0.2, 0) is 4.74 Å². The van der Waals surface area contributed by atoms with Crippen LogP contribution in [0, 0.1) is 12.8 Å². The monoisotopic (exact) mass is 331 g/mol. The Morgan fingerprint density at radius 1 is 1.29 bits per heavy atom. The average molecular weight is 331 g/mol. The van der Waals surface area contributed by atoms with Gasteiger partial charge in [0.25, 0.3) is 0 Å². The SMILES string of the molecule is Cc1ccccc1[C@H](O)[C@H]1C[C@H]2CCC[C@H]2N1C(=O)OC(C)(C)C. The topological polar surface area (TPSA) is 49.8 Å². The molecular weight excluding hydrogens is 302 g/mol. The van der Waals surface area contributed by atoms with E-state index in [0.717, 1.165) is 36.8 Å². The molecule has 1 saturated carbocycles. The van der Waals surface area contributed by atoms with Gasteiger partial charge in [0.05, 0.1) is 12.1 Å². The standard InChI is InChI=1S/C20H29NO3/c1-13-8-5-6-10-15(13)18(22)17-12-14-9-7-11-16(14)21(17)19(23)24-20(2,3)4/h5-6,8,10,14,16-18,22H,7,9,11-12H2,1-4H3/t14-,16-,17-,18+/m1/s1. The summed E-state index contributed by atoms with van der Waals surface area (Å²) < 4.78 is 5.65. The molecule has 4 heteroatoms. The van der Waals surface area contributed by atoms with Gasteiger partial charge in [-0.15, -0.1) is 0 Å². The molecule has 2 aliphatic rings. The van der Waals surface area contributed by atoms with Crippen LogP contribution in [0.1, 0.15) is 63.7 Å². The Labute approximate surface area is 144 Å². The van der Waals surface area contributed by atoms with Crippen molar-refractivity contribution in [2.75, 3.05) is 0 Å². The van der Waals surface area contributed by atoms with Gasteiger partial charge >= 0.3 is 6.09 Å². The first kappa shape index (κ1) is 17.3. The number of amides is 1. The Morgan fingerprint density at radius 2 is 2.00 bits per heavy atom. The normalized spacial score (nSPS) is 27.9. The number of rotatable bonds is 2. The number of aliphatic hydroxyl groups is 1. The molecule has 1 saturated heterocycles. The van der Waals surface area contributed by atoms with Gasteiger partial charge in [0.2, 0.25) is 0 Å². The maximum Gasteiger partial charge on any atom is 0.410 e. The van der Waals surface area contributed by atoms with Crippen LogP contribution in [0.15, 0.2) is 24.3 Å². The summed E-state index contributed by atoms with van der Waals surface area (Å²) in [5.41, 5.74) is 1.45. The molecule has 0 aromatic heterocycles. The molecule has 1 heterocycles. The molecule has 1 aromatic carbocycles. The molecule has 0 bridgehead atoms. The molecule has 1 amide bonds. The van der Waals surface area contributed by atoms with E-state index in [1.54, 1.807) is 0 Å². The van der Waals surface area contributed by atoms with E-state index in [-0.39, 0.29) is 18.2 Å². The summed E-state index contributed by atoms with van der Waals surface area (Å²) in [4.78, 5) is 14.7. The minimum absolute atomic E-state index is 0.198. The van der Waals surface area contributed by atoms with Crippen LogP contribution in [0.2, 0.25) is 0 Å². The summed E-state index contributed by atoms with van der Waals surface area (Å²) in [5.74, 6) is 0.487. The summed E-state index contributed by atoms with van der Waals surface area (Å²) in [7, 11) is 0. The van der Waals surface area contributed by atoms with Crippen molar-refractivity contribution in [2.45, 2.75) is 77.2 Å². The minimum Gasteiger partial charge on any atom is -0.444 e. The van der Waals surface area contributed by atoms with Crippen LogP contribution in [0.3, 0.4) is 0 Å². The van der Waals surface area contributed by atoms with E-state index in [1.165, 1.54) is 0 Å². The molecule has 2 fully saturated rings. The van der Waals surface area contributed by atoms with Gasteiger partial charge in [-0.1, -0.05) is 30.7 Å². The molecule has 1 aliphatic carbocycles. The predicted octanol–water partition coefficient (Wildman–Crippen LogP) is 4.21. The van der Waals surface area contributed by atoms with Crippen molar-refractivity contribution < 1.29 is 14.6 Å². The third-order valence-corrected chi connectivity index (χ3v) is 5.35. The van der Waals surface area contributed by atoms with Crippen LogP contribution < -0.4 is 0 Å². The molecule has 0 spiro atoms.